The second kappa shape index (κ2) is 6.82. The van der Waals surface area contributed by atoms with E-state index < -0.39 is 0 Å². The number of halogens is 1. The molecule has 8 heteroatoms. The monoisotopic (exact) mass is 424 g/mol. The molecule has 0 atom stereocenters. The van der Waals surface area contributed by atoms with Gasteiger partial charge in [-0.25, -0.2) is 0 Å². The summed E-state index contributed by atoms with van der Waals surface area (Å²) in [4.78, 5) is 4.07. The highest BCUT2D eigenvalue weighted by Gasteiger charge is 2.16. The van der Waals surface area contributed by atoms with E-state index in [1.165, 1.54) is 0 Å². The van der Waals surface area contributed by atoms with Crippen molar-refractivity contribution in [1.29, 1.82) is 0 Å². The molecule has 3 rings (SSSR count). The Hall–Kier alpha value is -2.36. The van der Waals surface area contributed by atoms with Crippen LogP contribution in [0.4, 0.5) is 6.01 Å². The average molecular weight is 424 g/mol. The second-order valence-corrected chi connectivity index (χ2v) is 5.75. The minimum absolute atomic E-state index is 0.0193. The molecule has 0 spiro atoms. The Bertz CT molecular complexity index is 808. The summed E-state index contributed by atoms with van der Waals surface area (Å²) in [5, 5.41) is 7.53. The molecule has 2 heterocycles. The molecule has 3 aromatic rings. The zero-order valence-corrected chi connectivity index (χ0v) is 14.4. The Kier molecular flexibility index (Phi) is 4.60. The van der Waals surface area contributed by atoms with Crippen LogP contribution in [-0.2, 0) is 6.61 Å². The van der Waals surface area contributed by atoms with Gasteiger partial charge in [-0.05, 0) is 40.8 Å². The number of pyridine rings is 1. The van der Waals surface area contributed by atoms with Crippen LogP contribution < -0.4 is 15.2 Å². The minimum atomic E-state index is 0.0193. The Morgan fingerprint density at radius 1 is 1.30 bits per heavy atom. The fourth-order valence-electron chi connectivity index (χ4n) is 1.97. The summed E-state index contributed by atoms with van der Waals surface area (Å²) < 4.78 is 17.4. The summed E-state index contributed by atoms with van der Waals surface area (Å²) in [7, 11) is 1.58. The number of nitrogens with two attached hydrogens (primary N) is 1. The van der Waals surface area contributed by atoms with Gasteiger partial charge in [0.1, 0.15) is 6.61 Å². The van der Waals surface area contributed by atoms with E-state index in [9.17, 15) is 0 Å². The third-order valence-corrected chi connectivity index (χ3v) is 3.82. The van der Waals surface area contributed by atoms with Crippen LogP contribution in [0, 0.1) is 3.57 Å². The quantitative estimate of drug-likeness (QED) is 0.630. The number of nitrogen functional groups attached to an aromatic ring is 1. The third-order valence-electron chi connectivity index (χ3n) is 3.02. The van der Waals surface area contributed by atoms with E-state index in [4.69, 9.17) is 19.6 Å². The van der Waals surface area contributed by atoms with Crippen molar-refractivity contribution in [3.63, 3.8) is 0 Å². The predicted octanol–water partition coefficient (Wildman–Crippen LogP) is 2.91. The smallest absolute Gasteiger partial charge is 0.313 e. The molecular weight excluding hydrogens is 411 g/mol. The zero-order chi connectivity index (χ0) is 16.2. The number of hydrogen-bond donors (Lipinski definition) is 1. The van der Waals surface area contributed by atoms with Crippen LogP contribution in [0.25, 0.3) is 11.5 Å². The average Bonchev–Trinajstić information content (AvgIpc) is 3.00. The van der Waals surface area contributed by atoms with Gasteiger partial charge in [-0.15, -0.1) is 5.10 Å². The van der Waals surface area contributed by atoms with Gasteiger partial charge >= 0.3 is 6.01 Å². The number of nitrogens with zero attached hydrogens (tertiary/aromatic N) is 3. The maximum absolute atomic E-state index is 5.88. The normalized spacial score (nSPS) is 10.5. The minimum Gasteiger partial charge on any atom is -0.493 e. The summed E-state index contributed by atoms with van der Waals surface area (Å²) >= 11 is 2.17. The van der Waals surface area contributed by atoms with Gasteiger partial charge in [-0.2, -0.15) is 0 Å². The number of benzene rings is 1. The van der Waals surface area contributed by atoms with Gasteiger partial charge in [0.05, 0.1) is 10.7 Å². The van der Waals surface area contributed by atoms with Crippen molar-refractivity contribution in [3.05, 3.63) is 45.8 Å². The summed E-state index contributed by atoms with van der Waals surface area (Å²) in [5.74, 6) is 1.55. The lowest BCUT2D eigenvalue weighted by Crippen LogP contribution is -2.00. The molecule has 23 heavy (non-hydrogen) atoms. The summed E-state index contributed by atoms with van der Waals surface area (Å²) in [6.07, 6.45) is 3.48. The highest BCUT2D eigenvalue weighted by atomic mass is 127. The van der Waals surface area contributed by atoms with Crippen molar-refractivity contribution in [2.24, 2.45) is 0 Å². The Morgan fingerprint density at radius 2 is 2.17 bits per heavy atom. The van der Waals surface area contributed by atoms with E-state index in [2.05, 4.69) is 37.8 Å². The molecule has 0 bridgehead atoms. The third kappa shape index (κ3) is 3.52. The fraction of sp³-hybridized carbons (Fsp3) is 0.133. The maximum atomic E-state index is 5.88. The Labute approximate surface area is 146 Å². The molecular formula is C15H13IN4O3. The molecule has 0 aliphatic heterocycles. The van der Waals surface area contributed by atoms with Crippen LogP contribution in [0.2, 0.25) is 0 Å². The van der Waals surface area contributed by atoms with E-state index in [0.717, 1.165) is 9.13 Å². The van der Waals surface area contributed by atoms with Crippen molar-refractivity contribution >= 4 is 28.6 Å². The molecule has 0 aliphatic rings. The number of hydrogen-bond acceptors (Lipinski definition) is 7. The Morgan fingerprint density at radius 3 is 2.83 bits per heavy atom. The molecule has 118 valence electrons. The van der Waals surface area contributed by atoms with Crippen LogP contribution in [-0.4, -0.2) is 22.3 Å². The van der Waals surface area contributed by atoms with Gasteiger partial charge < -0.3 is 19.6 Å². The van der Waals surface area contributed by atoms with Gasteiger partial charge in [-0.1, -0.05) is 11.2 Å². The number of ether oxygens (including phenoxy) is 2. The SMILES string of the molecule is COc1cc(-c2nnc(N)o2)cc(I)c1OCc1cccnc1. The number of aromatic nitrogens is 3. The van der Waals surface area contributed by atoms with E-state index in [0.29, 0.717) is 29.6 Å². The van der Waals surface area contributed by atoms with Gasteiger partial charge in [0.15, 0.2) is 11.5 Å². The molecule has 0 fully saturated rings. The highest BCUT2D eigenvalue weighted by Crippen LogP contribution is 2.37. The standard InChI is InChI=1S/C15H13IN4O3/c1-21-12-6-10(14-19-20-15(17)23-14)5-11(16)13(12)22-8-9-3-2-4-18-7-9/h2-7H,8H2,1H3,(H2,17,20). The molecule has 0 saturated carbocycles. The highest BCUT2D eigenvalue weighted by molar-refractivity contribution is 14.1. The van der Waals surface area contributed by atoms with E-state index >= 15 is 0 Å². The van der Waals surface area contributed by atoms with Gasteiger partial charge in [-0.3, -0.25) is 4.98 Å². The maximum Gasteiger partial charge on any atom is 0.313 e. The lowest BCUT2D eigenvalue weighted by Gasteiger charge is -2.13. The lowest BCUT2D eigenvalue weighted by atomic mass is 10.2. The summed E-state index contributed by atoms with van der Waals surface area (Å²) in [6, 6.07) is 7.47. The van der Waals surface area contributed by atoms with E-state index in [1.807, 2.05) is 18.2 Å². The van der Waals surface area contributed by atoms with Crippen molar-refractivity contribution in [1.82, 2.24) is 15.2 Å². The molecule has 2 N–H and O–H groups in total. The van der Waals surface area contributed by atoms with Gasteiger partial charge in [0, 0.05) is 23.5 Å². The largest absolute Gasteiger partial charge is 0.493 e. The topological polar surface area (TPSA) is 96.3 Å². The first kappa shape index (κ1) is 15.5. The molecule has 1 aromatic carbocycles. The van der Waals surface area contributed by atoms with Crippen LogP contribution >= 0.6 is 22.6 Å². The van der Waals surface area contributed by atoms with Crippen molar-refractivity contribution in [3.8, 4) is 23.0 Å². The molecule has 0 radical (unpaired) electrons. The number of anilines is 1. The summed E-state index contributed by atoms with van der Waals surface area (Å²) in [6.45, 7) is 0.396. The van der Waals surface area contributed by atoms with Crippen molar-refractivity contribution in [2.75, 3.05) is 12.8 Å². The molecule has 0 unspecified atom stereocenters. The van der Waals surface area contributed by atoms with Crippen LogP contribution in [0.5, 0.6) is 11.5 Å². The number of methoxy groups -OCH3 is 1. The van der Waals surface area contributed by atoms with Crippen molar-refractivity contribution in [2.45, 2.75) is 6.61 Å². The van der Waals surface area contributed by atoms with Crippen molar-refractivity contribution < 1.29 is 13.9 Å². The molecule has 7 nitrogen and oxygen atoms in total. The lowest BCUT2D eigenvalue weighted by molar-refractivity contribution is 0.282. The number of rotatable bonds is 5. The second-order valence-electron chi connectivity index (χ2n) is 4.58. The zero-order valence-electron chi connectivity index (χ0n) is 12.2. The molecule has 0 aliphatic carbocycles. The fourth-order valence-corrected chi connectivity index (χ4v) is 2.73. The van der Waals surface area contributed by atoms with E-state index in [-0.39, 0.29) is 6.01 Å². The summed E-state index contributed by atoms with van der Waals surface area (Å²) in [5.41, 5.74) is 7.15. The predicted molar refractivity (Wildman–Crippen MR) is 92.0 cm³/mol. The van der Waals surface area contributed by atoms with Crippen LogP contribution in [0.1, 0.15) is 5.56 Å². The first-order valence-corrected chi connectivity index (χ1v) is 7.74. The first-order valence-electron chi connectivity index (χ1n) is 6.66. The van der Waals surface area contributed by atoms with Crippen LogP contribution in [0.3, 0.4) is 0 Å². The Balaban J connectivity index is 1.88. The van der Waals surface area contributed by atoms with Crippen LogP contribution in [0.15, 0.2) is 41.1 Å². The molecule has 0 saturated heterocycles. The van der Waals surface area contributed by atoms with E-state index in [1.54, 1.807) is 25.6 Å². The molecule has 0 amide bonds. The van der Waals surface area contributed by atoms with Gasteiger partial charge in [0.25, 0.3) is 0 Å². The van der Waals surface area contributed by atoms with Gasteiger partial charge in [0.2, 0.25) is 5.89 Å². The molecule has 2 aromatic heterocycles. The first-order chi connectivity index (χ1) is 11.2.